The summed E-state index contributed by atoms with van der Waals surface area (Å²) >= 11 is 5.51. The molecule has 0 fully saturated rings. The van der Waals surface area contributed by atoms with Gasteiger partial charge in [0.1, 0.15) is 0 Å². The number of hydrogen-bond donors (Lipinski definition) is 1. The van der Waals surface area contributed by atoms with E-state index < -0.39 is 0 Å². The molecule has 0 spiro atoms. The quantitative estimate of drug-likeness (QED) is 0.830. The number of nitrogens with one attached hydrogen (secondary N) is 1. The zero-order valence-corrected chi connectivity index (χ0v) is 12.4. The molecule has 5 heteroatoms. The molecular formula is C13H22N4S. The topological polar surface area (TPSA) is 33.1 Å². The Morgan fingerprint density at radius 1 is 1.61 bits per heavy atom. The second-order valence-electron chi connectivity index (χ2n) is 5.16. The molecule has 0 bridgehead atoms. The fourth-order valence-electron chi connectivity index (χ4n) is 2.57. The lowest BCUT2D eigenvalue weighted by molar-refractivity contribution is 0.278. The Kier molecular flexibility index (Phi) is 3.90. The van der Waals surface area contributed by atoms with Crippen LogP contribution in [0.15, 0.2) is 6.33 Å². The van der Waals surface area contributed by atoms with Gasteiger partial charge in [0.25, 0.3) is 0 Å². The van der Waals surface area contributed by atoms with Gasteiger partial charge in [0.15, 0.2) is 5.11 Å². The standard InChI is InChI=1S/C13H22N4S/c1-5-10-12-11(16(4)8-14-12)6-7-17(10)13(18)15-9(2)3/h8-10H,5-7H2,1-4H3,(H,15,18). The minimum Gasteiger partial charge on any atom is -0.360 e. The van der Waals surface area contributed by atoms with Crippen LogP contribution in [0.4, 0.5) is 0 Å². The van der Waals surface area contributed by atoms with Crippen LogP contribution < -0.4 is 5.32 Å². The number of aromatic nitrogens is 2. The van der Waals surface area contributed by atoms with E-state index in [9.17, 15) is 0 Å². The number of rotatable bonds is 2. The van der Waals surface area contributed by atoms with E-state index in [1.54, 1.807) is 0 Å². The van der Waals surface area contributed by atoms with Crippen molar-refractivity contribution in [1.82, 2.24) is 19.8 Å². The molecule has 1 aromatic heterocycles. The molecule has 100 valence electrons. The Balaban J connectivity index is 2.23. The van der Waals surface area contributed by atoms with Gasteiger partial charge in [-0.3, -0.25) is 0 Å². The van der Waals surface area contributed by atoms with Crippen molar-refractivity contribution in [2.24, 2.45) is 7.05 Å². The molecule has 0 amide bonds. The molecule has 1 aliphatic rings. The number of aryl methyl sites for hydroxylation is 1. The summed E-state index contributed by atoms with van der Waals surface area (Å²) in [7, 11) is 2.07. The molecule has 0 radical (unpaired) electrons. The Morgan fingerprint density at radius 3 is 2.94 bits per heavy atom. The minimum absolute atomic E-state index is 0.314. The summed E-state index contributed by atoms with van der Waals surface area (Å²) in [6.45, 7) is 7.40. The van der Waals surface area contributed by atoms with E-state index in [2.05, 4.69) is 47.6 Å². The monoisotopic (exact) mass is 266 g/mol. The van der Waals surface area contributed by atoms with Gasteiger partial charge in [-0.2, -0.15) is 0 Å². The van der Waals surface area contributed by atoms with Gasteiger partial charge in [-0.15, -0.1) is 0 Å². The smallest absolute Gasteiger partial charge is 0.169 e. The van der Waals surface area contributed by atoms with E-state index in [1.165, 1.54) is 11.4 Å². The Bertz CT molecular complexity index is 438. The highest BCUT2D eigenvalue weighted by atomic mass is 32.1. The molecule has 1 aliphatic heterocycles. The Labute approximate surface area is 114 Å². The van der Waals surface area contributed by atoms with Gasteiger partial charge in [-0.1, -0.05) is 6.92 Å². The first-order chi connectivity index (χ1) is 8.54. The third-order valence-corrected chi connectivity index (χ3v) is 3.78. The highest BCUT2D eigenvalue weighted by Gasteiger charge is 2.30. The van der Waals surface area contributed by atoms with Crippen LogP contribution in [0.5, 0.6) is 0 Å². The Hall–Kier alpha value is -1.10. The van der Waals surface area contributed by atoms with Gasteiger partial charge in [0.2, 0.25) is 0 Å². The van der Waals surface area contributed by atoms with Crippen molar-refractivity contribution in [3.63, 3.8) is 0 Å². The lowest BCUT2D eigenvalue weighted by Crippen LogP contribution is -2.47. The van der Waals surface area contributed by atoms with Crippen molar-refractivity contribution >= 4 is 17.3 Å². The number of fused-ring (bicyclic) bond motifs is 1. The third-order valence-electron chi connectivity index (χ3n) is 3.43. The van der Waals surface area contributed by atoms with Crippen molar-refractivity contribution in [3.8, 4) is 0 Å². The summed E-state index contributed by atoms with van der Waals surface area (Å²) in [5.74, 6) is 0. The van der Waals surface area contributed by atoms with Crippen molar-refractivity contribution in [2.45, 2.75) is 45.7 Å². The third kappa shape index (κ3) is 2.36. The molecule has 4 nitrogen and oxygen atoms in total. The number of imidazole rings is 1. The summed E-state index contributed by atoms with van der Waals surface area (Å²) in [6, 6.07) is 0.689. The first-order valence-corrected chi connectivity index (χ1v) is 7.02. The molecule has 1 N–H and O–H groups in total. The molecule has 2 heterocycles. The fourth-order valence-corrected chi connectivity index (χ4v) is 3.03. The van der Waals surface area contributed by atoms with Crippen LogP contribution in [0.25, 0.3) is 0 Å². The number of nitrogens with zero attached hydrogens (tertiary/aromatic N) is 3. The SMILES string of the molecule is CCC1c2ncn(C)c2CCN1C(=S)NC(C)C. The van der Waals surface area contributed by atoms with E-state index in [1.807, 2.05) is 6.33 Å². The molecular weight excluding hydrogens is 244 g/mol. The summed E-state index contributed by atoms with van der Waals surface area (Å²) in [5, 5.41) is 4.19. The maximum absolute atomic E-state index is 5.51. The van der Waals surface area contributed by atoms with Crippen molar-refractivity contribution < 1.29 is 0 Å². The molecule has 0 saturated carbocycles. The van der Waals surface area contributed by atoms with E-state index in [-0.39, 0.29) is 0 Å². The lowest BCUT2D eigenvalue weighted by Gasteiger charge is -2.37. The van der Waals surface area contributed by atoms with Crippen LogP contribution in [-0.4, -0.2) is 32.2 Å². The summed E-state index contributed by atoms with van der Waals surface area (Å²) in [4.78, 5) is 6.84. The van der Waals surface area contributed by atoms with Gasteiger partial charge in [0, 0.05) is 31.7 Å². The molecule has 18 heavy (non-hydrogen) atoms. The first kappa shape index (κ1) is 13.3. The summed E-state index contributed by atoms with van der Waals surface area (Å²) < 4.78 is 2.13. The predicted molar refractivity (Wildman–Crippen MR) is 77.5 cm³/mol. The summed E-state index contributed by atoms with van der Waals surface area (Å²) in [6.07, 6.45) is 3.96. The highest BCUT2D eigenvalue weighted by molar-refractivity contribution is 7.80. The van der Waals surface area contributed by atoms with Gasteiger partial charge >= 0.3 is 0 Å². The molecule has 1 aromatic rings. The second-order valence-corrected chi connectivity index (χ2v) is 5.55. The summed E-state index contributed by atoms with van der Waals surface area (Å²) in [5.41, 5.74) is 2.55. The normalized spacial score (nSPS) is 18.9. The average Bonchev–Trinajstić information content (AvgIpc) is 2.69. The maximum atomic E-state index is 5.51. The molecule has 1 atom stereocenters. The van der Waals surface area contributed by atoms with Crippen LogP contribution in [-0.2, 0) is 13.5 Å². The average molecular weight is 266 g/mol. The molecule has 2 rings (SSSR count). The van der Waals surface area contributed by atoms with E-state index in [0.29, 0.717) is 12.1 Å². The van der Waals surface area contributed by atoms with Crippen molar-refractivity contribution in [1.29, 1.82) is 0 Å². The Morgan fingerprint density at radius 2 is 2.33 bits per heavy atom. The largest absolute Gasteiger partial charge is 0.360 e. The van der Waals surface area contributed by atoms with Crippen molar-refractivity contribution in [2.75, 3.05) is 6.54 Å². The molecule has 0 saturated heterocycles. The molecule has 0 aromatic carbocycles. The van der Waals surface area contributed by atoms with Crippen LogP contribution >= 0.6 is 12.2 Å². The van der Waals surface area contributed by atoms with E-state index in [0.717, 1.165) is 24.5 Å². The fraction of sp³-hybridized carbons (Fsp3) is 0.692. The van der Waals surface area contributed by atoms with Gasteiger partial charge in [-0.05, 0) is 32.5 Å². The molecule has 1 unspecified atom stereocenters. The molecule has 0 aliphatic carbocycles. The van der Waals surface area contributed by atoms with Crippen molar-refractivity contribution in [3.05, 3.63) is 17.7 Å². The lowest BCUT2D eigenvalue weighted by atomic mass is 10.0. The van der Waals surface area contributed by atoms with E-state index >= 15 is 0 Å². The van der Waals surface area contributed by atoms with Crippen LogP contribution in [0.2, 0.25) is 0 Å². The second kappa shape index (κ2) is 5.26. The highest BCUT2D eigenvalue weighted by Crippen LogP contribution is 2.30. The van der Waals surface area contributed by atoms with Crippen LogP contribution in [0.1, 0.15) is 44.6 Å². The predicted octanol–water partition coefficient (Wildman–Crippen LogP) is 2.01. The van der Waals surface area contributed by atoms with Gasteiger partial charge < -0.3 is 14.8 Å². The first-order valence-electron chi connectivity index (χ1n) is 6.61. The van der Waals surface area contributed by atoms with Gasteiger partial charge in [0.05, 0.1) is 18.1 Å². The minimum atomic E-state index is 0.314. The van der Waals surface area contributed by atoms with Gasteiger partial charge in [-0.25, -0.2) is 4.98 Å². The number of thiocarbonyl (C=S) groups is 1. The zero-order chi connectivity index (χ0) is 13.3. The van der Waals surface area contributed by atoms with E-state index in [4.69, 9.17) is 12.2 Å². The van der Waals surface area contributed by atoms with Crippen LogP contribution in [0.3, 0.4) is 0 Å². The zero-order valence-electron chi connectivity index (χ0n) is 11.6. The van der Waals surface area contributed by atoms with Crippen LogP contribution in [0, 0.1) is 0 Å². The maximum Gasteiger partial charge on any atom is 0.169 e. The number of hydrogen-bond acceptors (Lipinski definition) is 2.